The molecule has 0 heterocycles. The molecule has 3 heteroatoms. The van der Waals surface area contributed by atoms with Crippen LogP contribution >= 0.6 is 11.6 Å². The Morgan fingerprint density at radius 2 is 2.06 bits per heavy atom. The van der Waals surface area contributed by atoms with E-state index < -0.39 is 0 Å². The monoisotopic (exact) mass is 252 g/mol. The van der Waals surface area contributed by atoms with Crippen molar-refractivity contribution in [3.8, 4) is 0 Å². The summed E-state index contributed by atoms with van der Waals surface area (Å²) in [5.41, 5.74) is 8.69. The predicted molar refractivity (Wildman–Crippen MR) is 75.7 cm³/mol. The number of anilines is 2. The van der Waals surface area contributed by atoms with Crippen LogP contribution in [0.3, 0.4) is 0 Å². The van der Waals surface area contributed by atoms with Crippen LogP contribution in [0.1, 0.15) is 37.7 Å². The van der Waals surface area contributed by atoms with E-state index in [9.17, 15) is 0 Å². The molecule has 1 fully saturated rings. The number of hydrogen-bond donors (Lipinski definition) is 2. The lowest BCUT2D eigenvalue weighted by Crippen LogP contribution is -2.07. The number of benzene rings is 1. The summed E-state index contributed by atoms with van der Waals surface area (Å²) in [6.45, 7) is 3.09. The summed E-state index contributed by atoms with van der Waals surface area (Å²) in [6.07, 6.45) is 6.91. The maximum Gasteiger partial charge on any atom is 0.0656 e. The molecule has 1 saturated carbocycles. The Bertz CT molecular complexity index is 384. The van der Waals surface area contributed by atoms with Gasteiger partial charge in [-0.1, -0.05) is 37.3 Å². The van der Waals surface area contributed by atoms with Gasteiger partial charge in [-0.15, -0.1) is 0 Å². The zero-order chi connectivity index (χ0) is 12.3. The third-order valence-corrected chi connectivity index (χ3v) is 4.01. The standard InChI is InChI=1S/C14H21ClN2/c1-10-8-13(16)12(15)9-14(10)17-7-6-11-4-2-3-5-11/h8-9,11,17H,2-7,16H2,1H3. The summed E-state index contributed by atoms with van der Waals surface area (Å²) < 4.78 is 0. The van der Waals surface area contributed by atoms with Crippen molar-refractivity contribution in [2.75, 3.05) is 17.6 Å². The molecule has 17 heavy (non-hydrogen) atoms. The smallest absolute Gasteiger partial charge is 0.0656 e. The molecule has 0 unspecified atom stereocenters. The minimum Gasteiger partial charge on any atom is -0.398 e. The van der Waals surface area contributed by atoms with Gasteiger partial charge in [-0.3, -0.25) is 0 Å². The van der Waals surface area contributed by atoms with Crippen LogP contribution in [0.2, 0.25) is 5.02 Å². The van der Waals surface area contributed by atoms with Crippen molar-refractivity contribution in [3.05, 3.63) is 22.7 Å². The van der Waals surface area contributed by atoms with Crippen LogP contribution in [0.4, 0.5) is 11.4 Å². The summed E-state index contributed by atoms with van der Waals surface area (Å²) in [5, 5.41) is 4.11. The van der Waals surface area contributed by atoms with Gasteiger partial charge in [-0.25, -0.2) is 0 Å². The van der Waals surface area contributed by atoms with E-state index in [4.69, 9.17) is 17.3 Å². The average molecular weight is 253 g/mol. The molecular formula is C14H21ClN2. The van der Waals surface area contributed by atoms with E-state index in [1.807, 2.05) is 12.1 Å². The normalized spacial score (nSPS) is 16.4. The lowest BCUT2D eigenvalue weighted by Gasteiger charge is -2.13. The molecule has 94 valence electrons. The lowest BCUT2D eigenvalue weighted by molar-refractivity contribution is 0.518. The van der Waals surface area contributed by atoms with E-state index in [0.717, 1.165) is 18.2 Å². The van der Waals surface area contributed by atoms with Gasteiger partial charge in [0.2, 0.25) is 0 Å². The van der Waals surface area contributed by atoms with Crippen LogP contribution in [-0.4, -0.2) is 6.54 Å². The van der Waals surface area contributed by atoms with E-state index >= 15 is 0 Å². The Balaban J connectivity index is 1.87. The van der Waals surface area contributed by atoms with E-state index in [2.05, 4.69) is 12.2 Å². The van der Waals surface area contributed by atoms with E-state index in [-0.39, 0.29) is 0 Å². The molecule has 1 aliphatic carbocycles. The molecule has 3 N–H and O–H groups in total. The molecule has 0 atom stereocenters. The fourth-order valence-electron chi connectivity index (χ4n) is 2.60. The van der Waals surface area contributed by atoms with Gasteiger partial charge in [0.1, 0.15) is 0 Å². The van der Waals surface area contributed by atoms with Crippen LogP contribution in [0.15, 0.2) is 12.1 Å². The first-order chi connectivity index (χ1) is 8.16. The van der Waals surface area contributed by atoms with E-state index in [1.165, 1.54) is 37.7 Å². The minimum absolute atomic E-state index is 0.638. The number of nitrogen functional groups attached to an aromatic ring is 1. The van der Waals surface area contributed by atoms with Gasteiger partial charge in [-0.2, -0.15) is 0 Å². The predicted octanol–water partition coefficient (Wildman–Crippen LogP) is 4.22. The Kier molecular flexibility index (Phi) is 4.16. The fraction of sp³-hybridized carbons (Fsp3) is 0.571. The van der Waals surface area contributed by atoms with E-state index in [0.29, 0.717) is 10.7 Å². The van der Waals surface area contributed by atoms with E-state index in [1.54, 1.807) is 0 Å². The average Bonchev–Trinajstić information content (AvgIpc) is 2.78. The van der Waals surface area contributed by atoms with Crippen LogP contribution in [0.25, 0.3) is 0 Å². The maximum atomic E-state index is 6.03. The number of nitrogens with two attached hydrogens (primary N) is 1. The van der Waals surface area contributed by atoms with Crippen molar-refractivity contribution in [1.29, 1.82) is 0 Å². The highest BCUT2D eigenvalue weighted by Gasteiger charge is 2.14. The van der Waals surface area contributed by atoms with Gasteiger partial charge in [-0.05, 0) is 37.0 Å². The van der Waals surface area contributed by atoms with Gasteiger partial charge in [0, 0.05) is 12.2 Å². The van der Waals surface area contributed by atoms with Gasteiger partial charge in [0.25, 0.3) is 0 Å². The van der Waals surface area contributed by atoms with Crippen molar-refractivity contribution in [2.45, 2.75) is 39.0 Å². The Labute approximate surface area is 109 Å². The molecule has 1 aliphatic rings. The summed E-state index contributed by atoms with van der Waals surface area (Å²) in [4.78, 5) is 0. The van der Waals surface area contributed by atoms with Gasteiger partial charge >= 0.3 is 0 Å². The molecule has 0 amide bonds. The second-order valence-corrected chi connectivity index (χ2v) is 5.46. The fourth-order valence-corrected chi connectivity index (χ4v) is 2.77. The Hall–Kier alpha value is -0.890. The molecule has 0 spiro atoms. The molecule has 0 saturated heterocycles. The van der Waals surface area contributed by atoms with Crippen molar-refractivity contribution in [3.63, 3.8) is 0 Å². The number of aryl methyl sites for hydroxylation is 1. The first kappa shape index (κ1) is 12.6. The van der Waals surface area contributed by atoms with Crippen molar-refractivity contribution >= 4 is 23.0 Å². The second kappa shape index (κ2) is 5.63. The number of nitrogens with one attached hydrogen (secondary N) is 1. The summed E-state index contributed by atoms with van der Waals surface area (Å²) in [5.74, 6) is 0.923. The van der Waals surface area contributed by atoms with Gasteiger partial charge in [0.05, 0.1) is 10.7 Å². The van der Waals surface area contributed by atoms with Crippen LogP contribution in [0.5, 0.6) is 0 Å². The molecule has 0 radical (unpaired) electrons. The first-order valence-corrected chi connectivity index (χ1v) is 6.84. The molecule has 2 nitrogen and oxygen atoms in total. The molecule has 0 aliphatic heterocycles. The highest BCUT2D eigenvalue weighted by Crippen LogP contribution is 2.29. The lowest BCUT2D eigenvalue weighted by atomic mass is 10.0. The van der Waals surface area contributed by atoms with Crippen LogP contribution < -0.4 is 11.1 Å². The van der Waals surface area contributed by atoms with Crippen molar-refractivity contribution < 1.29 is 0 Å². The highest BCUT2D eigenvalue weighted by molar-refractivity contribution is 6.33. The zero-order valence-corrected chi connectivity index (χ0v) is 11.2. The summed E-state index contributed by atoms with van der Waals surface area (Å²) in [6, 6.07) is 3.86. The third-order valence-electron chi connectivity index (χ3n) is 3.69. The number of hydrogen-bond acceptors (Lipinski definition) is 2. The molecule has 0 bridgehead atoms. The molecular weight excluding hydrogens is 232 g/mol. The maximum absolute atomic E-state index is 6.03. The summed E-state index contributed by atoms with van der Waals surface area (Å²) in [7, 11) is 0. The number of rotatable bonds is 4. The van der Waals surface area contributed by atoms with Gasteiger partial charge in [0.15, 0.2) is 0 Å². The molecule has 1 aromatic carbocycles. The quantitative estimate of drug-likeness (QED) is 0.788. The minimum atomic E-state index is 0.638. The van der Waals surface area contributed by atoms with Crippen molar-refractivity contribution in [1.82, 2.24) is 0 Å². The number of halogens is 1. The molecule has 1 aromatic rings. The van der Waals surface area contributed by atoms with Crippen LogP contribution in [-0.2, 0) is 0 Å². The topological polar surface area (TPSA) is 38.0 Å². The second-order valence-electron chi connectivity index (χ2n) is 5.05. The zero-order valence-electron chi connectivity index (χ0n) is 10.4. The molecule has 2 rings (SSSR count). The Morgan fingerprint density at radius 1 is 1.35 bits per heavy atom. The SMILES string of the molecule is Cc1cc(N)c(Cl)cc1NCCC1CCCC1. The third kappa shape index (κ3) is 3.29. The highest BCUT2D eigenvalue weighted by atomic mass is 35.5. The Morgan fingerprint density at radius 3 is 2.76 bits per heavy atom. The summed E-state index contributed by atoms with van der Waals surface area (Å²) >= 11 is 6.03. The van der Waals surface area contributed by atoms with Crippen molar-refractivity contribution in [2.24, 2.45) is 5.92 Å². The molecule has 0 aromatic heterocycles. The van der Waals surface area contributed by atoms with Gasteiger partial charge < -0.3 is 11.1 Å². The largest absolute Gasteiger partial charge is 0.398 e. The first-order valence-electron chi connectivity index (χ1n) is 6.46. The van der Waals surface area contributed by atoms with Crippen LogP contribution in [0, 0.1) is 12.8 Å².